The van der Waals surface area contributed by atoms with Crippen LogP contribution in [0.3, 0.4) is 0 Å². The van der Waals surface area contributed by atoms with Crippen LogP contribution in [0.15, 0.2) is 22.7 Å². The van der Waals surface area contributed by atoms with Crippen LogP contribution in [0, 0.1) is 0 Å². The van der Waals surface area contributed by atoms with Gasteiger partial charge in [0.25, 0.3) is 0 Å². The summed E-state index contributed by atoms with van der Waals surface area (Å²) >= 11 is 3.39. The van der Waals surface area contributed by atoms with Gasteiger partial charge in [0, 0.05) is 30.4 Å². The van der Waals surface area contributed by atoms with Crippen molar-refractivity contribution in [1.82, 2.24) is 4.90 Å². The molecule has 20 heavy (non-hydrogen) atoms. The lowest BCUT2D eigenvalue weighted by molar-refractivity contribution is -0.117. The van der Waals surface area contributed by atoms with E-state index in [0.29, 0.717) is 18.3 Å². The van der Waals surface area contributed by atoms with Gasteiger partial charge in [-0.3, -0.25) is 9.69 Å². The first kappa shape index (κ1) is 15.3. The lowest BCUT2D eigenvalue weighted by Crippen LogP contribution is -2.41. The number of halogens is 1. The zero-order valence-corrected chi connectivity index (χ0v) is 13.1. The lowest BCUT2D eigenvalue weighted by Gasteiger charge is -2.30. The minimum atomic E-state index is -0.00802. The molecule has 3 N–H and O–H groups in total. The Labute approximate surface area is 127 Å². The molecule has 110 valence electrons. The fourth-order valence-corrected chi connectivity index (χ4v) is 2.82. The van der Waals surface area contributed by atoms with Gasteiger partial charge >= 0.3 is 0 Å². The number of amides is 1. The van der Waals surface area contributed by atoms with E-state index in [9.17, 15) is 4.79 Å². The van der Waals surface area contributed by atoms with Gasteiger partial charge in [0.05, 0.1) is 18.3 Å². The smallest absolute Gasteiger partial charge is 0.238 e. The number of ether oxygens (including phenoxy) is 1. The number of nitrogen functional groups attached to an aromatic ring is 1. The van der Waals surface area contributed by atoms with E-state index < -0.39 is 0 Å². The van der Waals surface area contributed by atoms with Crippen LogP contribution in [0.4, 0.5) is 11.4 Å². The van der Waals surface area contributed by atoms with E-state index in [4.69, 9.17) is 10.5 Å². The van der Waals surface area contributed by atoms with Crippen LogP contribution < -0.4 is 11.1 Å². The molecular weight excluding hydrogens is 322 g/mol. The fraction of sp³-hybridized carbons (Fsp3) is 0.500. The minimum Gasteiger partial charge on any atom is -0.399 e. The molecule has 0 atom stereocenters. The molecule has 1 amide bonds. The summed E-state index contributed by atoms with van der Waals surface area (Å²) in [6.45, 7) is 2.21. The Morgan fingerprint density at radius 1 is 1.50 bits per heavy atom. The van der Waals surface area contributed by atoms with Crippen molar-refractivity contribution < 1.29 is 9.53 Å². The van der Waals surface area contributed by atoms with Crippen LogP contribution in [0.1, 0.15) is 12.8 Å². The molecule has 1 aromatic carbocycles. The van der Waals surface area contributed by atoms with Gasteiger partial charge in [0.15, 0.2) is 0 Å². The van der Waals surface area contributed by atoms with Gasteiger partial charge < -0.3 is 15.8 Å². The quantitative estimate of drug-likeness (QED) is 0.822. The molecule has 0 aliphatic carbocycles. The van der Waals surface area contributed by atoms with E-state index in [1.165, 1.54) is 0 Å². The van der Waals surface area contributed by atoms with Gasteiger partial charge in [-0.2, -0.15) is 0 Å². The Morgan fingerprint density at radius 3 is 2.80 bits per heavy atom. The molecule has 0 aromatic heterocycles. The molecule has 1 heterocycles. The zero-order chi connectivity index (χ0) is 14.5. The van der Waals surface area contributed by atoms with Gasteiger partial charge in [-0.05, 0) is 47.0 Å². The van der Waals surface area contributed by atoms with Crippen molar-refractivity contribution in [2.75, 3.05) is 37.8 Å². The van der Waals surface area contributed by atoms with Gasteiger partial charge in [-0.25, -0.2) is 0 Å². The molecule has 1 aliphatic heterocycles. The molecule has 1 fully saturated rings. The number of piperidine rings is 1. The average molecular weight is 342 g/mol. The maximum atomic E-state index is 12.0. The Balaban J connectivity index is 1.84. The second-order valence-electron chi connectivity index (χ2n) is 5.00. The number of likely N-dealkylation sites (tertiary alicyclic amines) is 1. The highest BCUT2D eigenvalue weighted by Gasteiger charge is 2.20. The highest BCUT2D eigenvalue weighted by molar-refractivity contribution is 9.10. The van der Waals surface area contributed by atoms with Crippen molar-refractivity contribution in [1.29, 1.82) is 0 Å². The normalized spacial score (nSPS) is 17.1. The summed E-state index contributed by atoms with van der Waals surface area (Å²) in [4.78, 5) is 14.2. The number of anilines is 2. The third kappa shape index (κ3) is 4.19. The van der Waals surface area contributed by atoms with Crippen molar-refractivity contribution >= 4 is 33.2 Å². The Hall–Kier alpha value is -1.11. The predicted molar refractivity (Wildman–Crippen MR) is 83.7 cm³/mol. The SMILES string of the molecule is COC1CCN(CC(=O)Nc2ccc(N)cc2Br)CC1. The number of carbonyl (C=O) groups is 1. The highest BCUT2D eigenvalue weighted by atomic mass is 79.9. The highest BCUT2D eigenvalue weighted by Crippen LogP contribution is 2.24. The Morgan fingerprint density at radius 2 is 2.20 bits per heavy atom. The second kappa shape index (κ2) is 7.06. The lowest BCUT2D eigenvalue weighted by atomic mass is 10.1. The summed E-state index contributed by atoms with van der Waals surface area (Å²) in [6.07, 6.45) is 2.30. The van der Waals surface area contributed by atoms with Crippen LogP contribution in [-0.2, 0) is 9.53 Å². The van der Waals surface area contributed by atoms with Crippen molar-refractivity contribution in [2.45, 2.75) is 18.9 Å². The molecule has 2 rings (SSSR count). The standard InChI is InChI=1S/C14H20BrN3O2/c1-20-11-4-6-18(7-5-11)9-14(19)17-13-3-2-10(16)8-12(13)15/h2-3,8,11H,4-7,9,16H2,1H3,(H,17,19). The van der Waals surface area contributed by atoms with Gasteiger partial charge in [0.2, 0.25) is 5.91 Å². The maximum absolute atomic E-state index is 12.0. The molecule has 0 saturated carbocycles. The van der Waals surface area contributed by atoms with E-state index >= 15 is 0 Å². The van der Waals surface area contributed by atoms with Crippen LogP contribution in [-0.4, -0.2) is 43.7 Å². The fourth-order valence-electron chi connectivity index (χ4n) is 2.33. The Bertz CT molecular complexity index is 473. The van der Waals surface area contributed by atoms with E-state index in [2.05, 4.69) is 26.1 Å². The van der Waals surface area contributed by atoms with Crippen LogP contribution >= 0.6 is 15.9 Å². The number of methoxy groups -OCH3 is 1. The van der Waals surface area contributed by atoms with Crippen molar-refractivity contribution in [3.63, 3.8) is 0 Å². The molecule has 6 heteroatoms. The van der Waals surface area contributed by atoms with Gasteiger partial charge in [0.1, 0.15) is 0 Å². The average Bonchev–Trinajstić information content (AvgIpc) is 2.43. The summed E-state index contributed by atoms with van der Waals surface area (Å²) in [5.41, 5.74) is 7.08. The number of hydrogen-bond acceptors (Lipinski definition) is 4. The molecule has 5 nitrogen and oxygen atoms in total. The van der Waals surface area contributed by atoms with Gasteiger partial charge in [-0.1, -0.05) is 0 Å². The summed E-state index contributed by atoms with van der Waals surface area (Å²) in [7, 11) is 1.74. The van der Waals surface area contributed by atoms with Crippen molar-refractivity contribution in [2.24, 2.45) is 0 Å². The molecule has 0 radical (unpaired) electrons. The number of rotatable bonds is 4. The summed E-state index contributed by atoms with van der Waals surface area (Å²) in [5.74, 6) is -0.00802. The monoisotopic (exact) mass is 341 g/mol. The molecule has 0 bridgehead atoms. The van der Waals surface area contributed by atoms with E-state index in [0.717, 1.165) is 36.1 Å². The van der Waals surface area contributed by atoms with Crippen LogP contribution in [0.2, 0.25) is 0 Å². The zero-order valence-electron chi connectivity index (χ0n) is 11.6. The summed E-state index contributed by atoms with van der Waals surface area (Å²) < 4.78 is 6.12. The third-order valence-corrected chi connectivity index (χ3v) is 4.16. The Kier molecular flexibility index (Phi) is 5.39. The van der Waals surface area contributed by atoms with E-state index in [-0.39, 0.29) is 5.91 Å². The first-order valence-electron chi connectivity index (χ1n) is 6.68. The first-order chi connectivity index (χ1) is 9.58. The maximum Gasteiger partial charge on any atom is 0.238 e. The summed E-state index contributed by atoms with van der Waals surface area (Å²) in [6, 6.07) is 5.35. The largest absolute Gasteiger partial charge is 0.399 e. The first-order valence-corrected chi connectivity index (χ1v) is 7.48. The van der Waals surface area contributed by atoms with Crippen LogP contribution in [0.25, 0.3) is 0 Å². The topological polar surface area (TPSA) is 67.6 Å². The van der Waals surface area contributed by atoms with E-state index in [1.54, 1.807) is 25.3 Å². The molecule has 1 aromatic rings. The number of nitrogens with zero attached hydrogens (tertiary/aromatic N) is 1. The number of nitrogens with two attached hydrogens (primary N) is 1. The van der Waals surface area contributed by atoms with Crippen molar-refractivity contribution in [3.8, 4) is 0 Å². The van der Waals surface area contributed by atoms with Crippen molar-refractivity contribution in [3.05, 3.63) is 22.7 Å². The van der Waals surface area contributed by atoms with Crippen LogP contribution in [0.5, 0.6) is 0 Å². The number of nitrogens with one attached hydrogen (secondary N) is 1. The molecule has 1 aliphatic rings. The number of benzene rings is 1. The molecule has 0 spiro atoms. The summed E-state index contributed by atoms with van der Waals surface area (Å²) in [5, 5.41) is 2.90. The number of carbonyl (C=O) groups excluding carboxylic acids is 1. The predicted octanol–water partition coefficient (Wildman–Crippen LogP) is 2.08. The number of hydrogen-bond donors (Lipinski definition) is 2. The van der Waals surface area contributed by atoms with Gasteiger partial charge in [-0.15, -0.1) is 0 Å². The molecule has 1 saturated heterocycles. The molecular formula is C14H20BrN3O2. The minimum absolute atomic E-state index is 0.00802. The second-order valence-corrected chi connectivity index (χ2v) is 5.85. The molecule has 0 unspecified atom stereocenters. The third-order valence-electron chi connectivity index (χ3n) is 3.50. The van der Waals surface area contributed by atoms with E-state index in [1.807, 2.05) is 0 Å².